The predicted octanol–water partition coefficient (Wildman–Crippen LogP) is 2.55. The standard InChI is InChI=1S/C19H28N4O3/c1-13(2)10-16(19(25)22-14-6-4-5-7-14)23-17-12-20-15(11-21-17)8-9-18(24)26-3/h8-9,11-14,16H,4-7,10H2,1-3H3,(H,21,23)(H,22,25)/b9-8+/t16-/m1/s1. The number of hydrogen-bond donors (Lipinski definition) is 2. The van der Waals surface area contributed by atoms with Gasteiger partial charge in [-0.1, -0.05) is 26.7 Å². The molecule has 1 aromatic heterocycles. The summed E-state index contributed by atoms with van der Waals surface area (Å²) in [5.41, 5.74) is 0.539. The number of nitrogens with zero attached hydrogens (tertiary/aromatic N) is 2. The second-order valence-corrected chi connectivity index (χ2v) is 7.00. The van der Waals surface area contributed by atoms with Gasteiger partial charge < -0.3 is 15.4 Å². The Morgan fingerprint density at radius 2 is 2.00 bits per heavy atom. The Balaban J connectivity index is 1.99. The number of methoxy groups -OCH3 is 1. The lowest BCUT2D eigenvalue weighted by Gasteiger charge is -2.22. The first-order valence-electron chi connectivity index (χ1n) is 9.13. The average molecular weight is 360 g/mol. The zero-order valence-corrected chi connectivity index (χ0v) is 15.7. The van der Waals surface area contributed by atoms with Gasteiger partial charge in [-0.25, -0.2) is 9.78 Å². The van der Waals surface area contributed by atoms with E-state index in [1.165, 1.54) is 32.1 Å². The summed E-state index contributed by atoms with van der Waals surface area (Å²) in [6, 6.07) is -0.0581. The molecule has 142 valence electrons. The van der Waals surface area contributed by atoms with Crippen LogP contribution >= 0.6 is 0 Å². The zero-order chi connectivity index (χ0) is 18.9. The average Bonchev–Trinajstić information content (AvgIpc) is 3.12. The summed E-state index contributed by atoms with van der Waals surface area (Å²) in [5.74, 6) is 0.473. The number of esters is 1. The van der Waals surface area contributed by atoms with Crippen LogP contribution in [0.3, 0.4) is 0 Å². The van der Waals surface area contributed by atoms with Crippen LogP contribution in [0, 0.1) is 5.92 Å². The number of ether oxygens (including phenoxy) is 1. The van der Waals surface area contributed by atoms with Crippen LogP contribution in [0.5, 0.6) is 0 Å². The summed E-state index contributed by atoms with van der Waals surface area (Å²) in [5, 5.41) is 6.33. The summed E-state index contributed by atoms with van der Waals surface area (Å²) < 4.78 is 4.54. The van der Waals surface area contributed by atoms with Crippen molar-refractivity contribution in [1.29, 1.82) is 0 Å². The van der Waals surface area contributed by atoms with Crippen LogP contribution in [0.1, 0.15) is 51.6 Å². The van der Waals surface area contributed by atoms with E-state index < -0.39 is 5.97 Å². The molecular weight excluding hydrogens is 332 g/mol. The Labute approximate surface area is 154 Å². The van der Waals surface area contributed by atoms with Gasteiger partial charge in [-0.15, -0.1) is 0 Å². The number of amides is 1. The first-order chi connectivity index (χ1) is 12.5. The van der Waals surface area contributed by atoms with E-state index in [-0.39, 0.29) is 18.0 Å². The number of hydrogen-bond acceptors (Lipinski definition) is 6. The first-order valence-corrected chi connectivity index (χ1v) is 9.13. The molecule has 7 heteroatoms. The van der Waals surface area contributed by atoms with Gasteiger partial charge in [-0.2, -0.15) is 0 Å². The molecule has 26 heavy (non-hydrogen) atoms. The molecule has 0 spiro atoms. The van der Waals surface area contributed by atoms with Crippen molar-refractivity contribution < 1.29 is 14.3 Å². The van der Waals surface area contributed by atoms with Crippen molar-refractivity contribution >= 4 is 23.8 Å². The molecule has 1 aliphatic rings. The van der Waals surface area contributed by atoms with Gasteiger partial charge in [0.2, 0.25) is 5.91 Å². The number of anilines is 1. The van der Waals surface area contributed by atoms with E-state index in [1.54, 1.807) is 12.4 Å². The lowest BCUT2D eigenvalue weighted by Crippen LogP contribution is -2.44. The van der Waals surface area contributed by atoms with E-state index in [0.29, 0.717) is 23.9 Å². The SMILES string of the molecule is COC(=O)/C=C/c1cnc(N[C@H](CC(C)C)C(=O)NC2CCCC2)cn1. The Hall–Kier alpha value is -2.44. The van der Waals surface area contributed by atoms with Crippen LogP contribution in [0.15, 0.2) is 18.5 Å². The van der Waals surface area contributed by atoms with Crippen molar-refractivity contribution in [2.45, 2.75) is 58.0 Å². The van der Waals surface area contributed by atoms with Crippen molar-refractivity contribution in [2.24, 2.45) is 5.92 Å². The molecule has 0 aliphatic heterocycles. The van der Waals surface area contributed by atoms with Gasteiger partial charge in [0, 0.05) is 12.1 Å². The Kier molecular flexibility index (Phi) is 7.56. The quantitative estimate of drug-likeness (QED) is 0.547. The lowest BCUT2D eigenvalue weighted by molar-refractivity contribution is -0.134. The van der Waals surface area contributed by atoms with Crippen LogP contribution in [-0.4, -0.2) is 41.0 Å². The molecule has 7 nitrogen and oxygen atoms in total. The molecule has 1 atom stereocenters. The van der Waals surface area contributed by atoms with Crippen molar-refractivity contribution in [3.8, 4) is 0 Å². The molecule has 1 aliphatic carbocycles. The lowest BCUT2D eigenvalue weighted by atomic mass is 10.0. The van der Waals surface area contributed by atoms with E-state index in [0.717, 1.165) is 12.8 Å². The zero-order valence-electron chi connectivity index (χ0n) is 15.7. The monoisotopic (exact) mass is 360 g/mol. The molecule has 2 N–H and O–H groups in total. The molecule has 1 heterocycles. The van der Waals surface area contributed by atoms with Crippen LogP contribution < -0.4 is 10.6 Å². The number of nitrogens with one attached hydrogen (secondary N) is 2. The number of rotatable bonds is 8. The minimum Gasteiger partial charge on any atom is -0.466 e. The van der Waals surface area contributed by atoms with Crippen molar-refractivity contribution in [1.82, 2.24) is 15.3 Å². The van der Waals surface area contributed by atoms with Crippen LogP contribution in [-0.2, 0) is 14.3 Å². The fourth-order valence-corrected chi connectivity index (χ4v) is 2.97. The highest BCUT2D eigenvalue weighted by atomic mass is 16.5. The van der Waals surface area contributed by atoms with Crippen molar-refractivity contribution in [3.63, 3.8) is 0 Å². The molecule has 0 aromatic carbocycles. The maximum absolute atomic E-state index is 12.6. The number of carbonyl (C=O) groups is 2. The van der Waals surface area contributed by atoms with Crippen LogP contribution in [0.25, 0.3) is 6.08 Å². The summed E-state index contributed by atoms with van der Waals surface area (Å²) in [6.45, 7) is 4.17. The fourth-order valence-electron chi connectivity index (χ4n) is 2.97. The third-order valence-electron chi connectivity index (χ3n) is 4.31. The predicted molar refractivity (Wildman–Crippen MR) is 100 cm³/mol. The van der Waals surface area contributed by atoms with E-state index in [9.17, 15) is 9.59 Å². The van der Waals surface area contributed by atoms with Crippen molar-refractivity contribution in [3.05, 3.63) is 24.2 Å². The summed E-state index contributed by atoms with van der Waals surface area (Å²) in [4.78, 5) is 32.3. The summed E-state index contributed by atoms with van der Waals surface area (Å²) in [6.07, 6.45) is 11.1. The van der Waals surface area contributed by atoms with Gasteiger partial charge in [-0.05, 0) is 31.3 Å². The molecule has 1 fully saturated rings. The Bertz CT molecular complexity index is 622. The smallest absolute Gasteiger partial charge is 0.330 e. The second-order valence-electron chi connectivity index (χ2n) is 7.00. The van der Waals surface area contributed by atoms with Gasteiger partial charge in [0.25, 0.3) is 0 Å². The van der Waals surface area contributed by atoms with Gasteiger partial charge in [0.15, 0.2) is 0 Å². The fraction of sp³-hybridized carbons (Fsp3) is 0.579. The normalized spacial score (nSPS) is 16.0. The minimum absolute atomic E-state index is 0.0158. The molecular formula is C19H28N4O3. The van der Waals surface area contributed by atoms with Crippen LogP contribution in [0.4, 0.5) is 5.82 Å². The number of aromatic nitrogens is 2. The van der Waals surface area contributed by atoms with Crippen LogP contribution in [0.2, 0.25) is 0 Å². The first kappa shape index (κ1) is 19.9. The molecule has 1 saturated carbocycles. The van der Waals surface area contributed by atoms with Crippen molar-refractivity contribution in [2.75, 3.05) is 12.4 Å². The highest BCUT2D eigenvalue weighted by molar-refractivity contribution is 5.86. The minimum atomic E-state index is -0.449. The Morgan fingerprint density at radius 1 is 1.27 bits per heavy atom. The number of carbonyl (C=O) groups excluding carboxylic acids is 2. The second kappa shape index (κ2) is 9.89. The topological polar surface area (TPSA) is 93.2 Å². The summed E-state index contributed by atoms with van der Waals surface area (Å²) >= 11 is 0. The molecule has 2 rings (SSSR count). The van der Waals surface area contributed by atoms with E-state index in [2.05, 4.69) is 39.2 Å². The highest BCUT2D eigenvalue weighted by Gasteiger charge is 2.24. The summed E-state index contributed by atoms with van der Waals surface area (Å²) in [7, 11) is 1.32. The molecule has 0 unspecified atom stereocenters. The third kappa shape index (κ3) is 6.46. The molecule has 1 amide bonds. The maximum atomic E-state index is 12.6. The Morgan fingerprint density at radius 3 is 2.58 bits per heavy atom. The maximum Gasteiger partial charge on any atom is 0.330 e. The van der Waals surface area contributed by atoms with E-state index >= 15 is 0 Å². The van der Waals surface area contributed by atoms with Gasteiger partial charge in [0.1, 0.15) is 11.9 Å². The highest BCUT2D eigenvalue weighted by Crippen LogP contribution is 2.19. The van der Waals surface area contributed by atoms with Gasteiger partial charge >= 0.3 is 5.97 Å². The third-order valence-corrected chi connectivity index (χ3v) is 4.31. The molecule has 1 aromatic rings. The van der Waals surface area contributed by atoms with Gasteiger partial charge in [-0.3, -0.25) is 9.78 Å². The molecule has 0 saturated heterocycles. The largest absolute Gasteiger partial charge is 0.466 e. The molecule has 0 radical (unpaired) electrons. The van der Waals surface area contributed by atoms with E-state index in [4.69, 9.17) is 0 Å². The van der Waals surface area contributed by atoms with Gasteiger partial charge in [0.05, 0.1) is 25.2 Å². The van der Waals surface area contributed by atoms with E-state index in [1.807, 2.05) is 0 Å². The molecule has 0 bridgehead atoms.